The number of halogens is 2. The molecule has 0 saturated heterocycles. The molecule has 1 aromatic heterocycles. The zero-order valence-corrected chi connectivity index (χ0v) is 17.0. The van der Waals surface area contributed by atoms with Crippen molar-refractivity contribution in [1.82, 2.24) is 10.4 Å². The Labute approximate surface area is 177 Å². The summed E-state index contributed by atoms with van der Waals surface area (Å²) in [5.74, 6) is -1.34. The fraction of sp³-hybridized carbons (Fsp3) is 0.0500. The van der Waals surface area contributed by atoms with Crippen LogP contribution >= 0.6 is 11.6 Å². The number of hydrogen-bond donors (Lipinski definition) is 1. The van der Waals surface area contributed by atoms with Gasteiger partial charge in [0.25, 0.3) is 15.9 Å². The number of nitrogens with one attached hydrogen (secondary N) is 1. The summed E-state index contributed by atoms with van der Waals surface area (Å²) in [6.45, 7) is -0.564. The topological polar surface area (TPSA) is 91.7 Å². The lowest BCUT2D eigenvalue weighted by atomic mass is 10.2. The van der Waals surface area contributed by atoms with Crippen LogP contribution < -0.4 is 9.73 Å². The van der Waals surface area contributed by atoms with Gasteiger partial charge in [0.05, 0.1) is 28.0 Å². The molecule has 3 rings (SSSR count). The summed E-state index contributed by atoms with van der Waals surface area (Å²) >= 11 is 5.90. The zero-order valence-electron chi connectivity index (χ0n) is 15.4. The molecule has 0 atom stereocenters. The molecule has 0 saturated carbocycles. The zero-order chi connectivity index (χ0) is 21.6. The highest BCUT2D eigenvalue weighted by Crippen LogP contribution is 2.22. The van der Waals surface area contributed by atoms with Gasteiger partial charge in [-0.25, -0.2) is 18.2 Å². The molecule has 0 aliphatic carbocycles. The molecule has 0 aliphatic rings. The van der Waals surface area contributed by atoms with E-state index in [0.717, 1.165) is 10.5 Å². The Bertz CT molecular complexity index is 1140. The molecule has 30 heavy (non-hydrogen) atoms. The standard InChI is InChI=1S/C20H16ClFN4O3S/c21-18-9-4-10-19(22)17(18)13-24-25-20(27)14-26(15-6-5-11-23-12-15)30(28,29)16-7-2-1-3-8-16/h1-13H,14H2,(H,25,27)/b24-13-. The largest absolute Gasteiger partial charge is 0.271 e. The highest BCUT2D eigenvalue weighted by atomic mass is 35.5. The first-order valence-corrected chi connectivity index (χ1v) is 10.4. The molecular weight excluding hydrogens is 431 g/mol. The van der Waals surface area contributed by atoms with Crippen LogP contribution in [0.25, 0.3) is 0 Å². The summed E-state index contributed by atoms with van der Waals surface area (Å²) in [5.41, 5.74) is 2.39. The number of sulfonamides is 1. The van der Waals surface area contributed by atoms with Gasteiger partial charge in [-0.2, -0.15) is 5.10 Å². The fourth-order valence-corrected chi connectivity index (χ4v) is 4.14. The molecule has 154 valence electrons. The van der Waals surface area contributed by atoms with Gasteiger partial charge >= 0.3 is 0 Å². The monoisotopic (exact) mass is 446 g/mol. The van der Waals surface area contributed by atoms with Crippen molar-refractivity contribution in [2.45, 2.75) is 4.90 Å². The third-order valence-electron chi connectivity index (χ3n) is 3.93. The number of carbonyl (C=O) groups excluding carboxylic acids is 1. The summed E-state index contributed by atoms with van der Waals surface area (Å²) in [6.07, 6.45) is 3.87. The van der Waals surface area contributed by atoms with E-state index in [1.54, 1.807) is 24.3 Å². The molecule has 7 nitrogen and oxygen atoms in total. The molecule has 2 aromatic carbocycles. The van der Waals surface area contributed by atoms with Crippen molar-refractivity contribution in [1.29, 1.82) is 0 Å². The van der Waals surface area contributed by atoms with Gasteiger partial charge in [0.2, 0.25) is 0 Å². The second-order valence-electron chi connectivity index (χ2n) is 5.96. The van der Waals surface area contributed by atoms with Crippen LogP contribution in [0.3, 0.4) is 0 Å². The molecule has 3 aromatic rings. The van der Waals surface area contributed by atoms with Crippen LogP contribution in [0.15, 0.2) is 83.1 Å². The second kappa shape index (κ2) is 9.47. The normalized spacial score (nSPS) is 11.4. The van der Waals surface area contributed by atoms with E-state index in [9.17, 15) is 17.6 Å². The van der Waals surface area contributed by atoms with Gasteiger partial charge in [0, 0.05) is 11.8 Å². The first-order chi connectivity index (χ1) is 14.4. The predicted molar refractivity (Wildman–Crippen MR) is 112 cm³/mol. The van der Waals surface area contributed by atoms with E-state index in [-0.39, 0.29) is 21.2 Å². The van der Waals surface area contributed by atoms with Gasteiger partial charge in [-0.05, 0) is 36.4 Å². The lowest BCUT2D eigenvalue weighted by Gasteiger charge is -2.23. The maximum atomic E-state index is 13.8. The summed E-state index contributed by atoms with van der Waals surface area (Å²) in [6, 6.07) is 14.9. The van der Waals surface area contributed by atoms with Crippen LogP contribution in [-0.2, 0) is 14.8 Å². The number of pyridine rings is 1. The number of benzene rings is 2. The summed E-state index contributed by atoms with van der Waals surface area (Å²) in [7, 11) is -4.04. The number of hydrogen-bond acceptors (Lipinski definition) is 5. The molecule has 0 bridgehead atoms. The van der Waals surface area contributed by atoms with E-state index in [0.29, 0.717) is 0 Å². The maximum absolute atomic E-state index is 13.8. The molecule has 0 unspecified atom stereocenters. The highest BCUT2D eigenvalue weighted by molar-refractivity contribution is 7.92. The Kier molecular flexibility index (Phi) is 6.76. The minimum atomic E-state index is -4.04. The average Bonchev–Trinajstić information content (AvgIpc) is 2.75. The predicted octanol–water partition coefficient (Wildman–Crippen LogP) is 3.22. The van der Waals surface area contributed by atoms with Gasteiger partial charge in [-0.1, -0.05) is 35.9 Å². The third kappa shape index (κ3) is 5.00. The van der Waals surface area contributed by atoms with E-state index < -0.39 is 28.3 Å². The van der Waals surface area contributed by atoms with Crippen LogP contribution in [0.2, 0.25) is 5.02 Å². The van der Waals surface area contributed by atoms with Gasteiger partial charge in [0.1, 0.15) is 12.4 Å². The minimum Gasteiger partial charge on any atom is -0.271 e. The van der Waals surface area contributed by atoms with Crippen molar-refractivity contribution < 1.29 is 17.6 Å². The SMILES string of the molecule is O=C(CN(c1cccnc1)S(=O)(=O)c1ccccc1)N/N=C\c1c(F)cccc1Cl. The Hall–Kier alpha value is -3.30. The van der Waals surface area contributed by atoms with Gasteiger partial charge < -0.3 is 0 Å². The van der Waals surface area contributed by atoms with Crippen molar-refractivity contribution in [3.05, 3.63) is 89.5 Å². The van der Waals surface area contributed by atoms with Crippen LogP contribution in [0.1, 0.15) is 5.56 Å². The van der Waals surface area contributed by atoms with Crippen molar-refractivity contribution in [3.8, 4) is 0 Å². The van der Waals surface area contributed by atoms with Crippen molar-refractivity contribution in [3.63, 3.8) is 0 Å². The summed E-state index contributed by atoms with van der Waals surface area (Å²) in [5, 5.41) is 3.80. The van der Waals surface area contributed by atoms with Crippen molar-refractivity contribution >= 4 is 39.4 Å². The van der Waals surface area contributed by atoms with E-state index in [1.165, 1.54) is 48.8 Å². The van der Waals surface area contributed by atoms with Crippen LogP contribution in [0, 0.1) is 5.82 Å². The first-order valence-electron chi connectivity index (χ1n) is 8.63. The summed E-state index contributed by atoms with van der Waals surface area (Å²) in [4.78, 5) is 16.3. The van der Waals surface area contributed by atoms with E-state index in [2.05, 4.69) is 15.5 Å². The van der Waals surface area contributed by atoms with Crippen LogP contribution in [0.4, 0.5) is 10.1 Å². The molecule has 1 heterocycles. The average molecular weight is 447 g/mol. The molecular formula is C20H16ClFN4O3S. The number of amides is 1. The Balaban J connectivity index is 1.82. The van der Waals surface area contributed by atoms with Gasteiger partial charge in [-0.15, -0.1) is 0 Å². The van der Waals surface area contributed by atoms with E-state index in [1.807, 2.05) is 0 Å². The fourth-order valence-electron chi connectivity index (χ4n) is 2.50. The Morgan fingerprint density at radius 3 is 2.57 bits per heavy atom. The highest BCUT2D eigenvalue weighted by Gasteiger charge is 2.27. The third-order valence-corrected chi connectivity index (χ3v) is 6.05. The first kappa shape index (κ1) is 21.4. The van der Waals surface area contributed by atoms with Crippen molar-refractivity contribution in [2.75, 3.05) is 10.8 Å². The summed E-state index contributed by atoms with van der Waals surface area (Å²) < 4.78 is 40.8. The lowest BCUT2D eigenvalue weighted by Crippen LogP contribution is -2.39. The second-order valence-corrected chi connectivity index (χ2v) is 8.23. The lowest BCUT2D eigenvalue weighted by molar-refractivity contribution is -0.119. The number of aromatic nitrogens is 1. The molecule has 0 radical (unpaired) electrons. The number of rotatable bonds is 7. The van der Waals surface area contributed by atoms with E-state index >= 15 is 0 Å². The number of carbonyl (C=O) groups is 1. The Morgan fingerprint density at radius 1 is 1.13 bits per heavy atom. The number of nitrogens with zero attached hydrogens (tertiary/aromatic N) is 3. The molecule has 0 aliphatic heterocycles. The van der Waals surface area contributed by atoms with Crippen LogP contribution in [0.5, 0.6) is 0 Å². The molecule has 1 N–H and O–H groups in total. The number of anilines is 1. The quantitative estimate of drug-likeness (QED) is 0.445. The maximum Gasteiger partial charge on any atom is 0.264 e. The molecule has 0 fully saturated rings. The van der Waals surface area contributed by atoms with Gasteiger partial charge in [-0.3, -0.25) is 14.1 Å². The van der Waals surface area contributed by atoms with E-state index in [4.69, 9.17) is 11.6 Å². The Morgan fingerprint density at radius 2 is 1.90 bits per heavy atom. The minimum absolute atomic E-state index is 0.000453. The molecule has 1 amide bonds. The molecule has 10 heteroatoms. The number of hydrazone groups is 1. The van der Waals surface area contributed by atoms with Crippen LogP contribution in [-0.4, -0.2) is 32.1 Å². The van der Waals surface area contributed by atoms with Gasteiger partial charge in [0.15, 0.2) is 0 Å². The molecule has 0 spiro atoms. The smallest absolute Gasteiger partial charge is 0.264 e. The van der Waals surface area contributed by atoms with Crippen molar-refractivity contribution in [2.24, 2.45) is 5.10 Å².